The minimum absolute atomic E-state index is 0.213. The van der Waals surface area contributed by atoms with E-state index in [0.717, 1.165) is 87.8 Å². The van der Waals surface area contributed by atoms with Crippen molar-refractivity contribution in [2.75, 3.05) is 18.0 Å². The summed E-state index contributed by atoms with van der Waals surface area (Å²) in [6, 6.07) is 6.66. The van der Waals surface area contributed by atoms with Gasteiger partial charge in [-0.05, 0) is 55.6 Å². The second-order valence-electron chi connectivity index (χ2n) is 9.30. The number of H-pyrrole nitrogens is 1. The first-order valence-electron chi connectivity index (χ1n) is 11.8. The zero-order valence-corrected chi connectivity index (χ0v) is 20.5. The van der Waals surface area contributed by atoms with Crippen molar-refractivity contribution in [1.82, 2.24) is 24.9 Å². The summed E-state index contributed by atoms with van der Waals surface area (Å²) in [5.74, 6) is 1.24. The van der Waals surface area contributed by atoms with E-state index in [9.17, 15) is 0 Å². The van der Waals surface area contributed by atoms with Crippen LogP contribution in [0.2, 0.25) is 5.02 Å². The average molecular weight is 495 g/mol. The molecule has 2 fully saturated rings. The molecule has 0 bridgehead atoms. The molecule has 3 aromatic heterocycles. The maximum absolute atomic E-state index is 6.75. The van der Waals surface area contributed by atoms with Crippen LogP contribution in [-0.2, 0) is 6.42 Å². The minimum Gasteiger partial charge on any atom is -0.353 e. The zero-order valence-electron chi connectivity index (χ0n) is 19.0. The van der Waals surface area contributed by atoms with Gasteiger partial charge < -0.3 is 21.4 Å². The third kappa shape index (κ3) is 3.80. The number of nitrogens with zero attached hydrogens (tertiary/aromatic N) is 5. The fourth-order valence-electron chi connectivity index (χ4n) is 5.09. The van der Waals surface area contributed by atoms with Gasteiger partial charge in [-0.15, -0.1) is 0 Å². The Labute approximate surface area is 206 Å². The van der Waals surface area contributed by atoms with E-state index in [4.69, 9.17) is 33.0 Å². The molecule has 1 aromatic carbocycles. The molecule has 1 aliphatic carbocycles. The Morgan fingerprint density at radius 2 is 2.00 bits per heavy atom. The Kier molecular flexibility index (Phi) is 5.60. The van der Waals surface area contributed by atoms with Crippen LogP contribution in [0.25, 0.3) is 21.9 Å². The highest BCUT2D eigenvalue weighted by atomic mass is 35.5. The maximum atomic E-state index is 6.75. The number of nitrogens with one attached hydrogen (secondary N) is 1. The van der Waals surface area contributed by atoms with E-state index in [1.54, 1.807) is 6.33 Å². The molecule has 0 radical (unpaired) electrons. The van der Waals surface area contributed by atoms with Crippen LogP contribution in [-0.4, -0.2) is 50.1 Å². The van der Waals surface area contributed by atoms with Crippen LogP contribution in [0.3, 0.4) is 0 Å². The topological polar surface area (TPSA) is 123 Å². The van der Waals surface area contributed by atoms with Crippen molar-refractivity contribution in [1.29, 1.82) is 0 Å². The smallest absolute Gasteiger partial charge is 0.194 e. The molecule has 10 heteroatoms. The first kappa shape index (κ1) is 22.0. The summed E-state index contributed by atoms with van der Waals surface area (Å²) < 4.78 is 0. The molecule has 5 N–H and O–H groups in total. The number of anilines is 1. The van der Waals surface area contributed by atoms with E-state index in [1.165, 1.54) is 11.8 Å². The minimum atomic E-state index is 0.213. The van der Waals surface area contributed by atoms with Crippen molar-refractivity contribution in [2.24, 2.45) is 11.5 Å². The van der Waals surface area contributed by atoms with E-state index >= 15 is 0 Å². The molecule has 176 valence electrons. The van der Waals surface area contributed by atoms with Gasteiger partial charge in [0.25, 0.3) is 0 Å². The highest BCUT2D eigenvalue weighted by Gasteiger charge is 2.29. The molecule has 2 aliphatic rings. The first-order valence-corrected chi connectivity index (χ1v) is 13.0. The van der Waals surface area contributed by atoms with Gasteiger partial charge in [0.1, 0.15) is 17.8 Å². The Bertz CT molecular complexity index is 1380. The van der Waals surface area contributed by atoms with E-state index in [0.29, 0.717) is 11.1 Å². The summed E-state index contributed by atoms with van der Waals surface area (Å²) in [6.45, 7) is 3.73. The third-order valence-electron chi connectivity index (χ3n) is 6.89. The Morgan fingerprint density at radius 1 is 1.15 bits per heavy atom. The molecular formula is C24H27ClN8S. The molecule has 4 heterocycles. The molecule has 1 saturated heterocycles. The molecule has 6 rings (SSSR count). The molecule has 2 unspecified atom stereocenters. The molecule has 0 amide bonds. The van der Waals surface area contributed by atoms with Crippen LogP contribution in [0.5, 0.6) is 0 Å². The first-order chi connectivity index (χ1) is 16.5. The summed E-state index contributed by atoms with van der Waals surface area (Å²) in [6.07, 6.45) is 5.39. The van der Waals surface area contributed by atoms with Crippen LogP contribution in [0, 0.1) is 0 Å². The summed E-state index contributed by atoms with van der Waals surface area (Å²) in [5.41, 5.74) is 15.9. The lowest BCUT2D eigenvalue weighted by atomic mass is 10.0. The van der Waals surface area contributed by atoms with Crippen molar-refractivity contribution in [2.45, 2.75) is 60.7 Å². The van der Waals surface area contributed by atoms with Crippen molar-refractivity contribution in [3.8, 4) is 0 Å². The van der Waals surface area contributed by atoms with Crippen LogP contribution < -0.4 is 16.4 Å². The molecule has 4 aromatic rings. The lowest BCUT2D eigenvalue weighted by Gasteiger charge is -2.38. The summed E-state index contributed by atoms with van der Waals surface area (Å²) in [7, 11) is 0. The molecule has 34 heavy (non-hydrogen) atoms. The molecule has 1 aliphatic heterocycles. The van der Waals surface area contributed by atoms with E-state index in [1.807, 2.05) is 0 Å². The molecule has 2 atom stereocenters. The number of rotatable bonds is 5. The van der Waals surface area contributed by atoms with Gasteiger partial charge in [0.2, 0.25) is 0 Å². The number of hydrogen-bond acceptors (Lipinski definition) is 8. The second kappa shape index (κ2) is 8.64. The number of aromatic amines is 1. The van der Waals surface area contributed by atoms with Crippen LogP contribution >= 0.6 is 23.4 Å². The average Bonchev–Trinajstić information content (AvgIpc) is 3.39. The molecule has 0 spiro atoms. The molecule has 1 saturated carbocycles. The number of fused-ring (bicyclic) bond motifs is 2. The fraction of sp³-hybridized carbons (Fsp3) is 0.417. The van der Waals surface area contributed by atoms with Gasteiger partial charge in [0.15, 0.2) is 5.16 Å². The zero-order chi connectivity index (χ0) is 23.4. The Morgan fingerprint density at radius 3 is 2.74 bits per heavy atom. The number of aryl methyl sites for hydroxylation is 1. The van der Waals surface area contributed by atoms with Gasteiger partial charge in [-0.1, -0.05) is 18.5 Å². The summed E-state index contributed by atoms with van der Waals surface area (Å²) in [5, 5.41) is 3.42. The molecule has 8 nitrogen and oxygen atoms in total. The number of aromatic nitrogens is 5. The van der Waals surface area contributed by atoms with E-state index < -0.39 is 0 Å². The summed E-state index contributed by atoms with van der Waals surface area (Å²) in [4.78, 5) is 25.5. The van der Waals surface area contributed by atoms with Crippen LogP contribution in [0.4, 0.5) is 5.82 Å². The van der Waals surface area contributed by atoms with Crippen molar-refractivity contribution < 1.29 is 0 Å². The van der Waals surface area contributed by atoms with Crippen molar-refractivity contribution in [3.05, 3.63) is 40.9 Å². The number of benzene rings is 1. The SMILES string of the molecule is CCc1[nH]c2nc(Sc3ccc4c(N5CC(N)C5)ncnc4c3)nc(C3CCC(N)C3)c2c1Cl. The summed E-state index contributed by atoms with van der Waals surface area (Å²) >= 11 is 8.28. The van der Waals surface area contributed by atoms with Gasteiger partial charge in [-0.2, -0.15) is 0 Å². The monoisotopic (exact) mass is 494 g/mol. The number of hydrogen-bond donors (Lipinski definition) is 3. The van der Waals surface area contributed by atoms with Crippen LogP contribution in [0.15, 0.2) is 34.6 Å². The quantitative estimate of drug-likeness (QED) is 0.355. The van der Waals surface area contributed by atoms with E-state index in [2.05, 4.69) is 45.0 Å². The third-order valence-corrected chi connectivity index (χ3v) is 8.16. The van der Waals surface area contributed by atoms with Gasteiger partial charge in [-0.3, -0.25) is 0 Å². The largest absolute Gasteiger partial charge is 0.353 e. The van der Waals surface area contributed by atoms with E-state index in [-0.39, 0.29) is 12.1 Å². The number of halogens is 1. The Hall–Kier alpha value is -2.46. The predicted octanol–water partition coefficient (Wildman–Crippen LogP) is 4.01. The number of nitrogens with two attached hydrogens (primary N) is 2. The van der Waals surface area contributed by atoms with Gasteiger partial charge in [-0.25, -0.2) is 19.9 Å². The lowest BCUT2D eigenvalue weighted by molar-refractivity contribution is 0.516. The van der Waals surface area contributed by atoms with Gasteiger partial charge in [0, 0.05) is 47.1 Å². The normalized spacial score (nSPS) is 21.0. The Balaban J connectivity index is 1.37. The lowest BCUT2D eigenvalue weighted by Crippen LogP contribution is -2.56. The van der Waals surface area contributed by atoms with Gasteiger partial charge in [0.05, 0.1) is 21.6 Å². The van der Waals surface area contributed by atoms with Crippen molar-refractivity contribution >= 4 is 51.1 Å². The fourth-order valence-corrected chi connectivity index (χ4v) is 6.26. The maximum Gasteiger partial charge on any atom is 0.194 e. The predicted molar refractivity (Wildman–Crippen MR) is 137 cm³/mol. The highest BCUT2D eigenvalue weighted by Crippen LogP contribution is 2.41. The standard InChI is InChI=1S/C24H27ClN8S/c1-2-17-20(25)19-21(12-3-4-13(26)7-12)31-24(32-22(19)30-17)34-15-5-6-16-18(8-15)28-11-29-23(16)33-9-14(27)10-33/h5-6,8,11-14H,2-4,7,9-10,26-27H2,1H3,(H,30,31,32). The molecular weight excluding hydrogens is 468 g/mol. The van der Waals surface area contributed by atoms with Gasteiger partial charge >= 0.3 is 0 Å². The second-order valence-corrected chi connectivity index (χ2v) is 10.7. The van der Waals surface area contributed by atoms with Crippen molar-refractivity contribution in [3.63, 3.8) is 0 Å². The van der Waals surface area contributed by atoms with Crippen LogP contribution in [0.1, 0.15) is 43.5 Å². The highest BCUT2D eigenvalue weighted by molar-refractivity contribution is 7.99.